The quantitative estimate of drug-likeness (QED) is 0.521. The number of rotatable bonds is 0. The summed E-state index contributed by atoms with van der Waals surface area (Å²) in [4.78, 5) is 11.2. The minimum Gasteiger partial charge on any atom is -0.300 e. The summed E-state index contributed by atoms with van der Waals surface area (Å²) >= 11 is 0. The fourth-order valence-electron chi connectivity index (χ4n) is 2.72. The SMILES string of the molecule is O=C1CCC[C@@H]2CCC[C@H]2C1. The summed E-state index contributed by atoms with van der Waals surface area (Å²) in [6.07, 6.45) is 8.38. The fourth-order valence-corrected chi connectivity index (χ4v) is 2.72. The molecule has 0 amide bonds. The average molecular weight is 152 g/mol. The molecule has 0 N–H and O–H groups in total. The molecule has 1 nitrogen and oxygen atoms in total. The van der Waals surface area contributed by atoms with E-state index in [1.54, 1.807) is 0 Å². The number of ketones is 1. The van der Waals surface area contributed by atoms with Crippen LogP contribution < -0.4 is 0 Å². The van der Waals surface area contributed by atoms with Crippen molar-refractivity contribution in [1.82, 2.24) is 0 Å². The van der Waals surface area contributed by atoms with Gasteiger partial charge < -0.3 is 0 Å². The van der Waals surface area contributed by atoms with Gasteiger partial charge in [-0.1, -0.05) is 12.8 Å². The standard InChI is InChI=1S/C10H16O/c11-10-6-2-4-8-3-1-5-9(8)7-10/h8-9H,1-7H2/t8-,9-/m0/s1. The van der Waals surface area contributed by atoms with Crippen molar-refractivity contribution in [3.05, 3.63) is 0 Å². The van der Waals surface area contributed by atoms with Gasteiger partial charge in [0.2, 0.25) is 0 Å². The van der Waals surface area contributed by atoms with E-state index in [2.05, 4.69) is 0 Å². The molecule has 2 atom stereocenters. The molecule has 0 spiro atoms. The summed E-state index contributed by atoms with van der Waals surface area (Å²) in [6, 6.07) is 0. The van der Waals surface area contributed by atoms with E-state index in [0.717, 1.165) is 24.7 Å². The first-order chi connectivity index (χ1) is 5.36. The third-order valence-electron chi connectivity index (χ3n) is 3.34. The van der Waals surface area contributed by atoms with E-state index in [1.807, 2.05) is 0 Å². The maximum atomic E-state index is 11.2. The van der Waals surface area contributed by atoms with E-state index in [4.69, 9.17) is 0 Å². The normalized spacial score (nSPS) is 38.4. The van der Waals surface area contributed by atoms with Gasteiger partial charge in [-0.15, -0.1) is 0 Å². The Bertz CT molecular complexity index is 162. The van der Waals surface area contributed by atoms with Crippen LogP contribution in [0.1, 0.15) is 44.9 Å². The van der Waals surface area contributed by atoms with Gasteiger partial charge in [-0.05, 0) is 31.1 Å². The Labute approximate surface area is 68.2 Å². The summed E-state index contributed by atoms with van der Waals surface area (Å²) in [5, 5.41) is 0. The number of hydrogen-bond donors (Lipinski definition) is 0. The first-order valence-corrected chi connectivity index (χ1v) is 4.88. The number of carbonyl (C=O) groups excluding carboxylic acids is 1. The molecule has 0 aromatic heterocycles. The zero-order chi connectivity index (χ0) is 7.68. The van der Waals surface area contributed by atoms with Crippen molar-refractivity contribution in [3.63, 3.8) is 0 Å². The predicted molar refractivity (Wildman–Crippen MR) is 44.3 cm³/mol. The molecule has 2 rings (SSSR count). The molecule has 0 aromatic rings. The number of hydrogen-bond acceptors (Lipinski definition) is 1. The highest BCUT2D eigenvalue weighted by molar-refractivity contribution is 5.78. The molecule has 0 radical (unpaired) electrons. The highest BCUT2D eigenvalue weighted by Crippen LogP contribution is 2.39. The van der Waals surface area contributed by atoms with Gasteiger partial charge in [0.25, 0.3) is 0 Å². The molecular weight excluding hydrogens is 136 g/mol. The van der Waals surface area contributed by atoms with Crippen LogP contribution in [0.25, 0.3) is 0 Å². The molecule has 0 heterocycles. The fraction of sp³-hybridized carbons (Fsp3) is 0.900. The topological polar surface area (TPSA) is 17.1 Å². The first kappa shape index (κ1) is 7.33. The Morgan fingerprint density at radius 3 is 2.64 bits per heavy atom. The summed E-state index contributed by atoms with van der Waals surface area (Å²) < 4.78 is 0. The lowest BCUT2D eigenvalue weighted by Crippen LogP contribution is -2.08. The summed E-state index contributed by atoms with van der Waals surface area (Å²) in [6.45, 7) is 0. The molecule has 11 heavy (non-hydrogen) atoms. The summed E-state index contributed by atoms with van der Waals surface area (Å²) in [5.41, 5.74) is 0. The maximum Gasteiger partial charge on any atom is 0.133 e. The van der Waals surface area contributed by atoms with Crippen LogP contribution in [-0.2, 0) is 4.79 Å². The second-order valence-corrected chi connectivity index (χ2v) is 4.09. The van der Waals surface area contributed by atoms with Crippen molar-refractivity contribution in [2.75, 3.05) is 0 Å². The minimum absolute atomic E-state index is 0.527. The smallest absolute Gasteiger partial charge is 0.133 e. The van der Waals surface area contributed by atoms with Crippen molar-refractivity contribution >= 4 is 5.78 Å². The van der Waals surface area contributed by atoms with E-state index in [1.165, 1.54) is 32.1 Å². The molecule has 2 aliphatic carbocycles. The van der Waals surface area contributed by atoms with Crippen molar-refractivity contribution < 1.29 is 4.79 Å². The molecule has 0 aromatic carbocycles. The van der Waals surface area contributed by atoms with Crippen molar-refractivity contribution in [1.29, 1.82) is 0 Å². The lowest BCUT2D eigenvalue weighted by molar-refractivity contribution is -0.119. The van der Waals surface area contributed by atoms with Crippen LogP contribution >= 0.6 is 0 Å². The highest BCUT2D eigenvalue weighted by Gasteiger charge is 2.30. The van der Waals surface area contributed by atoms with Crippen LogP contribution in [0, 0.1) is 11.8 Å². The molecule has 0 bridgehead atoms. The number of carbonyl (C=O) groups is 1. The van der Waals surface area contributed by atoms with E-state index < -0.39 is 0 Å². The highest BCUT2D eigenvalue weighted by atomic mass is 16.1. The lowest BCUT2D eigenvalue weighted by Gasteiger charge is -2.13. The monoisotopic (exact) mass is 152 g/mol. The Hall–Kier alpha value is -0.330. The molecule has 0 unspecified atom stereocenters. The first-order valence-electron chi connectivity index (χ1n) is 4.88. The average Bonchev–Trinajstić information content (AvgIpc) is 2.31. The van der Waals surface area contributed by atoms with Crippen molar-refractivity contribution in [2.24, 2.45) is 11.8 Å². The summed E-state index contributed by atoms with van der Waals surface area (Å²) in [7, 11) is 0. The number of fused-ring (bicyclic) bond motifs is 1. The second-order valence-electron chi connectivity index (χ2n) is 4.09. The van der Waals surface area contributed by atoms with Gasteiger partial charge in [0, 0.05) is 12.8 Å². The van der Waals surface area contributed by atoms with E-state index in [-0.39, 0.29) is 0 Å². The molecule has 0 saturated heterocycles. The van der Waals surface area contributed by atoms with Crippen molar-refractivity contribution in [3.8, 4) is 0 Å². The third-order valence-corrected chi connectivity index (χ3v) is 3.34. The molecule has 2 fully saturated rings. The zero-order valence-corrected chi connectivity index (χ0v) is 7.01. The van der Waals surface area contributed by atoms with Crippen LogP contribution in [0.5, 0.6) is 0 Å². The predicted octanol–water partition coefficient (Wildman–Crippen LogP) is 2.55. The second kappa shape index (κ2) is 2.96. The molecular formula is C10H16O. The molecule has 0 aliphatic heterocycles. The van der Waals surface area contributed by atoms with Crippen molar-refractivity contribution in [2.45, 2.75) is 44.9 Å². The van der Waals surface area contributed by atoms with Crippen LogP contribution in [0.15, 0.2) is 0 Å². The van der Waals surface area contributed by atoms with Crippen LogP contribution in [0.3, 0.4) is 0 Å². The molecule has 62 valence electrons. The lowest BCUT2D eigenvalue weighted by atomic mass is 9.91. The Balaban J connectivity index is 2.03. The molecule has 2 aliphatic rings. The Kier molecular flexibility index (Phi) is 1.97. The Morgan fingerprint density at radius 1 is 1.00 bits per heavy atom. The molecule has 1 heteroatoms. The van der Waals surface area contributed by atoms with Gasteiger partial charge in [-0.2, -0.15) is 0 Å². The van der Waals surface area contributed by atoms with E-state index in [9.17, 15) is 4.79 Å². The number of Topliss-reactive ketones (excluding diaryl/α,β-unsaturated/α-hetero) is 1. The van der Waals surface area contributed by atoms with E-state index in [0.29, 0.717) is 5.78 Å². The largest absolute Gasteiger partial charge is 0.300 e. The maximum absolute atomic E-state index is 11.2. The van der Waals surface area contributed by atoms with Gasteiger partial charge in [0.15, 0.2) is 0 Å². The van der Waals surface area contributed by atoms with Crippen LogP contribution in [-0.4, -0.2) is 5.78 Å². The van der Waals surface area contributed by atoms with Crippen LogP contribution in [0.4, 0.5) is 0 Å². The van der Waals surface area contributed by atoms with Crippen LogP contribution in [0.2, 0.25) is 0 Å². The summed E-state index contributed by atoms with van der Waals surface area (Å²) in [5.74, 6) is 2.23. The van der Waals surface area contributed by atoms with Gasteiger partial charge in [-0.3, -0.25) is 4.79 Å². The van der Waals surface area contributed by atoms with Gasteiger partial charge in [0.1, 0.15) is 5.78 Å². The van der Waals surface area contributed by atoms with E-state index >= 15 is 0 Å². The molecule has 2 saturated carbocycles. The zero-order valence-electron chi connectivity index (χ0n) is 7.01. The minimum atomic E-state index is 0.527. The Morgan fingerprint density at radius 2 is 1.73 bits per heavy atom. The third kappa shape index (κ3) is 1.47. The van der Waals surface area contributed by atoms with Gasteiger partial charge in [-0.25, -0.2) is 0 Å². The van der Waals surface area contributed by atoms with Gasteiger partial charge >= 0.3 is 0 Å². The van der Waals surface area contributed by atoms with Gasteiger partial charge in [0.05, 0.1) is 0 Å².